The summed E-state index contributed by atoms with van der Waals surface area (Å²) in [6, 6.07) is 15.1. The molecule has 0 aromatic heterocycles. The Balaban J connectivity index is 1.72. The molecule has 7 heteroatoms. The summed E-state index contributed by atoms with van der Waals surface area (Å²) >= 11 is 13.9. The zero-order chi connectivity index (χ0) is 23.6. The Morgan fingerprint density at radius 3 is 2.42 bits per heavy atom. The molecule has 178 valence electrons. The van der Waals surface area contributed by atoms with Gasteiger partial charge in [0.1, 0.15) is 6.04 Å². The molecule has 2 amide bonds. The summed E-state index contributed by atoms with van der Waals surface area (Å²) < 4.78 is 0. The van der Waals surface area contributed by atoms with Gasteiger partial charge in [0.2, 0.25) is 11.8 Å². The van der Waals surface area contributed by atoms with Gasteiger partial charge in [-0.3, -0.25) is 9.59 Å². The summed E-state index contributed by atoms with van der Waals surface area (Å²) in [5.74, 6) is 0.945. The van der Waals surface area contributed by atoms with E-state index in [0.29, 0.717) is 28.8 Å². The lowest BCUT2D eigenvalue weighted by Crippen LogP contribution is -2.52. The first kappa shape index (κ1) is 25.9. The van der Waals surface area contributed by atoms with E-state index in [4.69, 9.17) is 23.2 Å². The predicted octanol–water partition coefficient (Wildman–Crippen LogP) is 6.48. The minimum absolute atomic E-state index is 0.0485. The normalized spacial score (nSPS) is 15.1. The van der Waals surface area contributed by atoms with Gasteiger partial charge in [0.25, 0.3) is 0 Å². The van der Waals surface area contributed by atoms with E-state index < -0.39 is 6.04 Å². The van der Waals surface area contributed by atoms with E-state index in [1.165, 1.54) is 12.0 Å². The molecule has 1 aliphatic rings. The van der Waals surface area contributed by atoms with Crippen LogP contribution in [0.4, 0.5) is 0 Å². The number of hydrogen-bond donors (Lipinski definition) is 1. The van der Waals surface area contributed by atoms with E-state index in [1.807, 2.05) is 31.2 Å². The van der Waals surface area contributed by atoms with Crippen LogP contribution in [0.3, 0.4) is 0 Å². The SMILES string of the molecule is CC[C@H](C(=O)NC1CCCCC1)N(Cc1ccc(Cl)c(Cl)c1)C(=O)CSCc1ccccc1. The van der Waals surface area contributed by atoms with Crippen molar-refractivity contribution in [1.82, 2.24) is 10.2 Å². The summed E-state index contributed by atoms with van der Waals surface area (Å²) in [5.41, 5.74) is 2.03. The number of rotatable bonds is 10. The quantitative estimate of drug-likeness (QED) is 0.400. The fourth-order valence-electron chi connectivity index (χ4n) is 4.21. The number of amides is 2. The third-order valence-electron chi connectivity index (χ3n) is 6.01. The number of nitrogens with one attached hydrogen (secondary N) is 1. The van der Waals surface area contributed by atoms with Crippen molar-refractivity contribution in [2.75, 3.05) is 5.75 Å². The Kier molecular flexibility index (Phi) is 10.4. The zero-order valence-corrected chi connectivity index (χ0v) is 21.4. The smallest absolute Gasteiger partial charge is 0.243 e. The molecule has 4 nitrogen and oxygen atoms in total. The van der Waals surface area contributed by atoms with Crippen molar-refractivity contribution in [2.45, 2.75) is 69.8 Å². The first-order valence-corrected chi connectivity index (χ1v) is 13.5. The van der Waals surface area contributed by atoms with Crippen LogP contribution in [-0.2, 0) is 21.9 Å². The van der Waals surface area contributed by atoms with Gasteiger partial charge in [-0.15, -0.1) is 11.8 Å². The van der Waals surface area contributed by atoms with Crippen LogP contribution in [0.25, 0.3) is 0 Å². The molecule has 2 aromatic rings. The lowest BCUT2D eigenvalue weighted by atomic mass is 9.95. The van der Waals surface area contributed by atoms with Crippen LogP contribution in [0.2, 0.25) is 10.0 Å². The van der Waals surface area contributed by atoms with E-state index in [-0.39, 0.29) is 17.9 Å². The third-order valence-corrected chi connectivity index (χ3v) is 7.74. The lowest BCUT2D eigenvalue weighted by molar-refractivity contribution is -0.139. The van der Waals surface area contributed by atoms with E-state index in [0.717, 1.165) is 37.0 Å². The highest BCUT2D eigenvalue weighted by atomic mass is 35.5. The molecule has 0 unspecified atom stereocenters. The van der Waals surface area contributed by atoms with Gasteiger partial charge >= 0.3 is 0 Å². The molecule has 1 aliphatic carbocycles. The zero-order valence-electron chi connectivity index (χ0n) is 19.1. The number of benzene rings is 2. The molecule has 0 saturated heterocycles. The monoisotopic (exact) mass is 506 g/mol. The molecule has 1 saturated carbocycles. The van der Waals surface area contributed by atoms with Crippen molar-refractivity contribution in [2.24, 2.45) is 0 Å². The average Bonchev–Trinajstić information content (AvgIpc) is 2.82. The third kappa shape index (κ3) is 7.94. The second-order valence-electron chi connectivity index (χ2n) is 8.52. The molecule has 3 rings (SSSR count). The molecule has 0 spiro atoms. The Bertz CT molecular complexity index is 920. The molecule has 2 aromatic carbocycles. The highest BCUT2D eigenvalue weighted by Crippen LogP contribution is 2.25. The first-order chi connectivity index (χ1) is 16.0. The standard InChI is InChI=1S/C26H32Cl2N2O2S/c1-2-24(26(32)29-21-11-7-4-8-12-21)30(16-20-13-14-22(27)23(28)15-20)25(31)18-33-17-19-9-5-3-6-10-19/h3,5-6,9-10,13-15,21,24H,2,4,7-8,11-12,16-18H2,1H3,(H,29,32)/t24-/m1/s1. The van der Waals surface area contributed by atoms with Crippen LogP contribution in [0.15, 0.2) is 48.5 Å². The second kappa shape index (κ2) is 13.3. The van der Waals surface area contributed by atoms with E-state index in [1.54, 1.807) is 28.8 Å². The molecule has 0 bridgehead atoms. The molecule has 33 heavy (non-hydrogen) atoms. The number of carbonyl (C=O) groups excluding carboxylic acids is 2. The van der Waals surface area contributed by atoms with Crippen LogP contribution in [0.1, 0.15) is 56.6 Å². The molecular weight excluding hydrogens is 475 g/mol. The number of nitrogens with zero attached hydrogens (tertiary/aromatic N) is 1. The van der Waals surface area contributed by atoms with Gasteiger partial charge < -0.3 is 10.2 Å². The first-order valence-electron chi connectivity index (χ1n) is 11.6. The van der Waals surface area contributed by atoms with Gasteiger partial charge in [0.15, 0.2) is 0 Å². The molecule has 0 heterocycles. The van der Waals surface area contributed by atoms with Crippen molar-refractivity contribution >= 4 is 46.8 Å². The Labute approximate surface area is 211 Å². The van der Waals surface area contributed by atoms with E-state index >= 15 is 0 Å². The molecule has 0 radical (unpaired) electrons. The molecular formula is C26H32Cl2N2O2S. The molecule has 0 aliphatic heterocycles. The molecule has 1 fully saturated rings. The summed E-state index contributed by atoms with van der Waals surface area (Å²) in [4.78, 5) is 28.3. The predicted molar refractivity (Wildman–Crippen MR) is 139 cm³/mol. The van der Waals surface area contributed by atoms with Gasteiger partial charge in [0.05, 0.1) is 15.8 Å². The van der Waals surface area contributed by atoms with E-state index in [2.05, 4.69) is 17.4 Å². The van der Waals surface area contributed by atoms with E-state index in [9.17, 15) is 9.59 Å². The van der Waals surface area contributed by atoms with Crippen molar-refractivity contribution in [3.8, 4) is 0 Å². The van der Waals surface area contributed by atoms with Gasteiger partial charge in [-0.25, -0.2) is 0 Å². The number of halogens is 2. The van der Waals surface area contributed by atoms with Gasteiger partial charge in [-0.05, 0) is 42.5 Å². The minimum atomic E-state index is -0.522. The van der Waals surface area contributed by atoms with Crippen molar-refractivity contribution in [3.63, 3.8) is 0 Å². The fourth-order valence-corrected chi connectivity index (χ4v) is 5.40. The van der Waals surface area contributed by atoms with Crippen molar-refractivity contribution in [3.05, 3.63) is 69.7 Å². The van der Waals surface area contributed by atoms with Gasteiger partial charge in [-0.2, -0.15) is 0 Å². The summed E-state index contributed by atoms with van der Waals surface area (Å²) in [7, 11) is 0. The highest BCUT2D eigenvalue weighted by molar-refractivity contribution is 7.99. The number of carbonyl (C=O) groups is 2. The maximum atomic E-state index is 13.4. The van der Waals surface area contributed by atoms with Crippen molar-refractivity contribution < 1.29 is 9.59 Å². The fraction of sp³-hybridized carbons (Fsp3) is 0.462. The Morgan fingerprint density at radius 1 is 1.03 bits per heavy atom. The summed E-state index contributed by atoms with van der Waals surface area (Å²) in [6.45, 7) is 2.27. The Morgan fingerprint density at radius 2 is 1.76 bits per heavy atom. The van der Waals surface area contributed by atoms with Crippen LogP contribution >= 0.6 is 35.0 Å². The highest BCUT2D eigenvalue weighted by Gasteiger charge is 2.30. The maximum absolute atomic E-state index is 13.4. The van der Waals surface area contributed by atoms with Crippen molar-refractivity contribution in [1.29, 1.82) is 0 Å². The van der Waals surface area contributed by atoms with Gasteiger partial charge in [-0.1, -0.05) is 85.8 Å². The van der Waals surface area contributed by atoms with Crippen LogP contribution in [0.5, 0.6) is 0 Å². The second-order valence-corrected chi connectivity index (χ2v) is 10.3. The number of thioether (sulfide) groups is 1. The molecule has 1 atom stereocenters. The minimum Gasteiger partial charge on any atom is -0.352 e. The lowest BCUT2D eigenvalue weighted by Gasteiger charge is -2.33. The molecule has 1 N–H and O–H groups in total. The summed E-state index contributed by atoms with van der Waals surface area (Å²) in [5, 5.41) is 4.12. The topological polar surface area (TPSA) is 49.4 Å². The van der Waals surface area contributed by atoms with Crippen LogP contribution < -0.4 is 5.32 Å². The number of hydrogen-bond acceptors (Lipinski definition) is 3. The van der Waals surface area contributed by atoms with Crippen LogP contribution in [-0.4, -0.2) is 34.6 Å². The largest absolute Gasteiger partial charge is 0.352 e. The maximum Gasteiger partial charge on any atom is 0.243 e. The van der Waals surface area contributed by atoms with Crippen LogP contribution in [0, 0.1) is 0 Å². The average molecular weight is 508 g/mol. The van der Waals surface area contributed by atoms with Gasteiger partial charge in [0, 0.05) is 18.3 Å². The summed E-state index contributed by atoms with van der Waals surface area (Å²) in [6.07, 6.45) is 6.08. The Hall–Kier alpha value is -1.69.